The van der Waals surface area contributed by atoms with E-state index in [0.29, 0.717) is 11.3 Å². The molecule has 0 spiro atoms. The molecule has 2 aromatic carbocycles. The number of carbonyl (C=O) groups excluding carboxylic acids is 3. The number of esters is 1. The minimum Gasteiger partial charge on any atom is -0.453 e. The van der Waals surface area contributed by atoms with Crippen LogP contribution in [0.4, 0.5) is 18.9 Å². The van der Waals surface area contributed by atoms with E-state index in [1.54, 1.807) is 6.07 Å². The fourth-order valence-electron chi connectivity index (χ4n) is 2.58. The molecular formula is C20H16F3N3O5. The fraction of sp³-hybridized carbons (Fsp3) is 0.200. The first-order valence-electron chi connectivity index (χ1n) is 8.98. The van der Waals surface area contributed by atoms with Crippen LogP contribution in [-0.2, 0) is 24.0 Å². The summed E-state index contributed by atoms with van der Waals surface area (Å²) in [5, 5.41) is 8.21. The summed E-state index contributed by atoms with van der Waals surface area (Å²) in [6, 6.07) is 8.40. The fourth-order valence-corrected chi connectivity index (χ4v) is 2.58. The molecule has 2 N–H and O–H groups in total. The smallest absolute Gasteiger partial charge is 0.351 e. The molecule has 1 heterocycles. The van der Waals surface area contributed by atoms with E-state index < -0.39 is 54.5 Å². The monoisotopic (exact) mass is 435 g/mol. The molecule has 3 rings (SSSR count). The minimum atomic E-state index is -1.13. The molecule has 31 heavy (non-hydrogen) atoms. The van der Waals surface area contributed by atoms with Crippen molar-refractivity contribution in [2.45, 2.75) is 12.5 Å². The van der Waals surface area contributed by atoms with Crippen LogP contribution >= 0.6 is 0 Å². The van der Waals surface area contributed by atoms with Gasteiger partial charge in [-0.05, 0) is 24.3 Å². The van der Waals surface area contributed by atoms with Crippen LogP contribution in [0.2, 0.25) is 0 Å². The molecule has 2 amide bonds. The normalized spacial score (nSPS) is 14.9. The van der Waals surface area contributed by atoms with E-state index in [4.69, 9.17) is 9.57 Å². The van der Waals surface area contributed by atoms with Crippen molar-refractivity contribution >= 4 is 29.2 Å². The van der Waals surface area contributed by atoms with Crippen molar-refractivity contribution in [2.75, 3.05) is 18.5 Å². The van der Waals surface area contributed by atoms with Crippen LogP contribution in [0.15, 0.2) is 47.6 Å². The second kappa shape index (κ2) is 9.74. The predicted molar refractivity (Wildman–Crippen MR) is 101 cm³/mol. The van der Waals surface area contributed by atoms with E-state index in [2.05, 4.69) is 15.8 Å². The zero-order chi connectivity index (χ0) is 22.4. The summed E-state index contributed by atoms with van der Waals surface area (Å²) in [5.41, 5.74) is 0.831. The van der Waals surface area contributed by atoms with E-state index in [1.165, 1.54) is 18.2 Å². The number of nitrogens with one attached hydrogen (secondary N) is 2. The van der Waals surface area contributed by atoms with Gasteiger partial charge in [-0.25, -0.2) is 18.0 Å². The summed E-state index contributed by atoms with van der Waals surface area (Å²) in [4.78, 5) is 40.5. The Hall–Kier alpha value is -3.89. The van der Waals surface area contributed by atoms with Crippen molar-refractivity contribution in [1.82, 2.24) is 5.32 Å². The van der Waals surface area contributed by atoms with Crippen molar-refractivity contribution in [3.05, 3.63) is 65.5 Å². The highest BCUT2D eigenvalue weighted by molar-refractivity contribution is 6.03. The quantitative estimate of drug-likeness (QED) is 0.647. The molecule has 11 heteroatoms. The molecule has 0 bridgehead atoms. The molecule has 0 radical (unpaired) electrons. The summed E-state index contributed by atoms with van der Waals surface area (Å²) >= 11 is 0. The number of benzene rings is 2. The van der Waals surface area contributed by atoms with Crippen molar-refractivity contribution in [3.8, 4) is 0 Å². The number of rotatable bonds is 7. The number of hydrogen-bond acceptors (Lipinski definition) is 6. The second-order valence-electron chi connectivity index (χ2n) is 6.41. The Labute approximate surface area is 174 Å². The van der Waals surface area contributed by atoms with Crippen LogP contribution in [0.1, 0.15) is 12.0 Å². The largest absolute Gasteiger partial charge is 0.453 e. The first-order valence-corrected chi connectivity index (χ1v) is 8.98. The van der Waals surface area contributed by atoms with Gasteiger partial charge in [-0.15, -0.1) is 0 Å². The van der Waals surface area contributed by atoms with Gasteiger partial charge in [0, 0.05) is 23.7 Å². The Morgan fingerprint density at radius 3 is 2.61 bits per heavy atom. The van der Waals surface area contributed by atoms with Crippen LogP contribution in [0.5, 0.6) is 0 Å². The molecule has 1 aliphatic rings. The van der Waals surface area contributed by atoms with E-state index >= 15 is 0 Å². The third kappa shape index (κ3) is 6.04. The molecule has 0 aromatic heterocycles. The van der Waals surface area contributed by atoms with Gasteiger partial charge in [0.25, 0.3) is 5.91 Å². The van der Waals surface area contributed by atoms with Gasteiger partial charge in [0.15, 0.2) is 18.2 Å². The second-order valence-corrected chi connectivity index (χ2v) is 6.41. The van der Waals surface area contributed by atoms with Gasteiger partial charge < -0.3 is 20.2 Å². The van der Waals surface area contributed by atoms with Crippen molar-refractivity contribution < 1.29 is 37.1 Å². The Morgan fingerprint density at radius 1 is 1.06 bits per heavy atom. The summed E-state index contributed by atoms with van der Waals surface area (Å²) in [7, 11) is 0. The van der Waals surface area contributed by atoms with E-state index in [1.807, 2.05) is 0 Å². The summed E-state index contributed by atoms with van der Waals surface area (Å²) in [6.07, 6.45) is -1.04. The maximum absolute atomic E-state index is 13.3. The maximum atomic E-state index is 13.3. The first kappa shape index (κ1) is 21.8. The lowest BCUT2D eigenvalue weighted by atomic mass is 10.1. The van der Waals surface area contributed by atoms with Crippen molar-refractivity contribution in [2.24, 2.45) is 5.16 Å². The lowest BCUT2D eigenvalue weighted by Crippen LogP contribution is -2.36. The van der Waals surface area contributed by atoms with Crippen LogP contribution < -0.4 is 10.6 Å². The van der Waals surface area contributed by atoms with Crippen LogP contribution in [0.3, 0.4) is 0 Å². The molecule has 2 aromatic rings. The lowest BCUT2D eigenvalue weighted by Gasteiger charge is -2.10. The summed E-state index contributed by atoms with van der Waals surface area (Å²) < 4.78 is 44.1. The van der Waals surface area contributed by atoms with Crippen molar-refractivity contribution in [3.63, 3.8) is 0 Å². The summed E-state index contributed by atoms with van der Waals surface area (Å²) in [5.74, 6) is -4.97. The van der Waals surface area contributed by atoms with Crippen molar-refractivity contribution in [1.29, 1.82) is 0 Å². The topological polar surface area (TPSA) is 106 Å². The van der Waals surface area contributed by atoms with Gasteiger partial charge in [-0.3, -0.25) is 9.59 Å². The van der Waals surface area contributed by atoms with Gasteiger partial charge in [-0.1, -0.05) is 17.3 Å². The minimum absolute atomic E-state index is 0.0112. The average molecular weight is 435 g/mol. The number of halogens is 3. The number of hydrogen-bond donors (Lipinski definition) is 2. The maximum Gasteiger partial charge on any atom is 0.351 e. The zero-order valence-corrected chi connectivity index (χ0v) is 15.9. The molecule has 8 nitrogen and oxygen atoms in total. The number of ether oxygens (including phenoxy) is 1. The number of anilines is 1. The SMILES string of the molecule is O=C(COC(=O)C1CC(c2cccc(F)c2)=NO1)NCC(=O)Nc1ccc(F)c(F)c1. The highest BCUT2D eigenvalue weighted by atomic mass is 19.2. The Kier molecular flexibility index (Phi) is 6.85. The average Bonchev–Trinajstić information content (AvgIpc) is 3.24. The Balaban J connectivity index is 1.38. The van der Waals surface area contributed by atoms with Crippen LogP contribution in [0.25, 0.3) is 0 Å². The van der Waals surface area contributed by atoms with E-state index in [0.717, 1.165) is 18.2 Å². The Bertz CT molecular complexity index is 1040. The molecule has 1 atom stereocenters. The summed E-state index contributed by atoms with van der Waals surface area (Å²) in [6.45, 7) is -1.16. The van der Waals surface area contributed by atoms with Gasteiger partial charge in [0.1, 0.15) is 5.82 Å². The molecule has 0 fully saturated rings. The molecule has 0 aliphatic carbocycles. The molecule has 162 valence electrons. The molecular weight excluding hydrogens is 419 g/mol. The van der Waals surface area contributed by atoms with Gasteiger partial charge in [0.2, 0.25) is 12.0 Å². The number of nitrogens with zero attached hydrogens (tertiary/aromatic N) is 1. The Morgan fingerprint density at radius 2 is 1.87 bits per heavy atom. The van der Waals surface area contributed by atoms with Crippen LogP contribution in [-0.4, -0.2) is 42.8 Å². The molecule has 0 saturated heterocycles. The van der Waals surface area contributed by atoms with Gasteiger partial charge in [-0.2, -0.15) is 0 Å². The standard InChI is InChI=1S/C20H16F3N3O5/c21-12-3-1-2-11(6-12)16-8-17(31-26-16)20(29)30-10-19(28)24-9-18(27)25-13-4-5-14(22)15(23)7-13/h1-7,17H,8-10H2,(H,24,28)(H,25,27). The van der Waals surface area contributed by atoms with Gasteiger partial charge >= 0.3 is 5.97 Å². The zero-order valence-electron chi connectivity index (χ0n) is 15.9. The molecule has 0 saturated carbocycles. The van der Waals surface area contributed by atoms with E-state index in [9.17, 15) is 27.6 Å². The van der Waals surface area contributed by atoms with Gasteiger partial charge in [0.05, 0.1) is 12.3 Å². The lowest BCUT2D eigenvalue weighted by molar-refractivity contribution is -0.158. The number of oxime groups is 1. The third-order valence-corrected chi connectivity index (χ3v) is 4.08. The third-order valence-electron chi connectivity index (χ3n) is 4.08. The number of amides is 2. The first-order chi connectivity index (χ1) is 14.8. The van der Waals surface area contributed by atoms with E-state index in [-0.39, 0.29) is 12.1 Å². The highest BCUT2D eigenvalue weighted by Crippen LogP contribution is 2.18. The highest BCUT2D eigenvalue weighted by Gasteiger charge is 2.30. The predicted octanol–water partition coefficient (Wildman–Crippen LogP) is 1.89. The molecule has 1 unspecified atom stereocenters. The number of carbonyl (C=O) groups is 3. The molecule has 1 aliphatic heterocycles. The van der Waals surface area contributed by atoms with Crippen LogP contribution in [0, 0.1) is 17.5 Å².